The van der Waals surface area contributed by atoms with Gasteiger partial charge < -0.3 is 10.4 Å². The van der Waals surface area contributed by atoms with E-state index >= 15 is 0 Å². The van der Waals surface area contributed by atoms with E-state index < -0.39 is 11.7 Å². The fourth-order valence-electron chi connectivity index (χ4n) is 1.72. The van der Waals surface area contributed by atoms with Gasteiger partial charge in [-0.25, -0.2) is 0 Å². The number of aliphatic hydroxyl groups excluding tert-OH is 1. The van der Waals surface area contributed by atoms with Crippen molar-refractivity contribution >= 4 is 21.6 Å². The minimum absolute atomic E-state index is 0.119. The van der Waals surface area contributed by atoms with Crippen LogP contribution in [0, 0.1) is 5.92 Å². The van der Waals surface area contributed by atoms with Crippen LogP contribution in [0.25, 0.3) is 0 Å². The highest BCUT2D eigenvalue weighted by atomic mass is 79.9. The summed E-state index contributed by atoms with van der Waals surface area (Å²) in [5.74, 6) is 0.305. The van der Waals surface area contributed by atoms with Crippen molar-refractivity contribution in [1.82, 2.24) is 0 Å². The van der Waals surface area contributed by atoms with Crippen molar-refractivity contribution in [1.29, 1.82) is 0 Å². The summed E-state index contributed by atoms with van der Waals surface area (Å²) in [7, 11) is 0. The van der Waals surface area contributed by atoms with Crippen molar-refractivity contribution in [3.05, 3.63) is 28.2 Å². The van der Waals surface area contributed by atoms with Crippen LogP contribution in [0.3, 0.4) is 0 Å². The zero-order valence-electron chi connectivity index (χ0n) is 10.6. The lowest BCUT2D eigenvalue weighted by Crippen LogP contribution is -2.15. The van der Waals surface area contributed by atoms with Gasteiger partial charge in [0, 0.05) is 23.3 Å². The Balaban J connectivity index is 2.70. The summed E-state index contributed by atoms with van der Waals surface area (Å²) >= 11 is 3.14. The summed E-state index contributed by atoms with van der Waals surface area (Å²) in [6.07, 6.45) is -2.74. The summed E-state index contributed by atoms with van der Waals surface area (Å²) < 4.78 is 37.9. The molecule has 0 aromatic heterocycles. The molecule has 6 heteroatoms. The lowest BCUT2D eigenvalue weighted by molar-refractivity contribution is -0.137. The normalized spacial score (nSPS) is 13.4. The van der Waals surface area contributed by atoms with E-state index in [1.165, 1.54) is 6.07 Å². The SMILES string of the molecule is CCC(CCO)CNc1ccc(C(F)(F)F)cc1Br. The van der Waals surface area contributed by atoms with Gasteiger partial charge in [0.1, 0.15) is 0 Å². The molecule has 0 saturated heterocycles. The van der Waals surface area contributed by atoms with E-state index in [0.717, 1.165) is 18.6 Å². The fraction of sp³-hybridized carbons (Fsp3) is 0.538. The van der Waals surface area contributed by atoms with Gasteiger partial charge in [-0.05, 0) is 46.5 Å². The first-order chi connectivity index (χ1) is 8.88. The number of hydrogen-bond donors (Lipinski definition) is 2. The number of anilines is 1. The van der Waals surface area contributed by atoms with Crippen LogP contribution < -0.4 is 5.32 Å². The Labute approximate surface area is 119 Å². The van der Waals surface area contributed by atoms with E-state index in [0.29, 0.717) is 29.0 Å². The van der Waals surface area contributed by atoms with Crippen LogP contribution in [0.2, 0.25) is 0 Å². The number of aliphatic hydroxyl groups is 1. The Bertz CT molecular complexity index is 409. The molecule has 0 saturated carbocycles. The van der Waals surface area contributed by atoms with Gasteiger partial charge in [-0.1, -0.05) is 13.3 Å². The van der Waals surface area contributed by atoms with Gasteiger partial charge in [-0.2, -0.15) is 13.2 Å². The lowest BCUT2D eigenvalue weighted by atomic mass is 10.0. The first-order valence-electron chi connectivity index (χ1n) is 6.10. The summed E-state index contributed by atoms with van der Waals surface area (Å²) in [6.45, 7) is 2.76. The minimum atomic E-state index is -4.33. The zero-order chi connectivity index (χ0) is 14.5. The van der Waals surface area contributed by atoms with E-state index in [4.69, 9.17) is 5.11 Å². The van der Waals surface area contributed by atoms with E-state index in [1.807, 2.05) is 6.92 Å². The largest absolute Gasteiger partial charge is 0.416 e. The number of hydrogen-bond acceptors (Lipinski definition) is 2. The Kier molecular flexibility index (Phi) is 6.13. The quantitative estimate of drug-likeness (QED) is 0.810. The lowest BCUT2D eigenvalue weighted by Gasteiger charge is -2.17. The first kappa shape index (κ1) is 16.3. The molecule has 0 amide bonds. The number of benzene rings is 1. The van der Waals surface area contributed by atoms with Crippen LogP contribution in [0.1, 0.15) is 25.3 Å². The highest BCUT2D eigenvalue weighted by molar-refractivity contribution is 9.10. The second-order valence-electron chi connectivity index (χ2n) is 4.36. The third-order valence-corrected chi connectivity index (χ3v) is 3.65. The average Bonchev–Trinajstić information content (AvgIpc) is 2.34. The number of halogens is 4. The molecular weight excluding hydrogens is 323 g/mol. The monoisotopic (exact) mass is 339 g/mol. The molecular formula is C13H17BrF3NO. The van der Waals surface area contributed by atoms with E-state index in [9.17, 15) is 13.2 Å². The van der Waals surface area contributed by atoms with Crippen molar-refractivity contribution in [3.63, 3.8) is 0 Å². The number of nitrogens with one attached hydrogen (secondary N) is 1. The molecule has 0 heterocycles. The van der Waals surface area contributed by atoms with Crippen molar-refractivity contribution in [2.24, 2.45) is 5.92 Å². The summed E-state index contributed by atoms with van der Waals surface area (Å²) in [5.41, 5.74) is -0.0447. The van der Waals surface area contributed by atoms with Gasteiger partial charge in [0.15, 0.2) is 0 Å². The van der Waals surface area contributed by atoms with Crippen molar-refractivity contribution in [3.8, 4) is 0 Å². The van der Waals surface area contributed by atoms with Gasteiger partial charge in [0.05, 0.1) is 5.56 Å². The van der Waals surface area contributed by atoms with Gasteiger partial charge in [-0.15, -0.1) is 0 Å². The molecule has 1 atom stereocenters. The van der Waals surface area contributed by atoms with Gasteiger partial charge in [0.25, 0.3) is 0 Å². The van der Waals surface area contributed by atoms with E-state index in [1.54, 1.807) is 0 Å². The number of alkyl halides is 3. The summed E-state index contributed by atoms with van der Waals surface area (Å²) in [6, 6.07) is 3.54. The maximum absolute atomic E-state index is 12.5. The van der Waals surface area contributed by atoms with Gasteiger partial charge >= 0.3 is 6.18 Å². The van der Waals surface area contributed by atoms with Crippen LogP contribution in [-0.4, -0.2) is 18.3 Å². The number of rotatable bonds is 6. The summed E-state index contributed by atoms with van der Waals surface area (Å²) in [4.78, 5) is 0. The molecule has 0 radical (unpaired) electrons. The molecule has 108 valence electrons. The molecule has 2 nitrogen and oxygen atoms in total. The van der Waals surface area contributed by atoms with Crippen molar-refractivity contribution in [2.75, 3.05) is 18.5 Å². The molecule has 0 bridgehead atoms. The molecule has 1 aromatic carbocycles. The Morgan fingerprint density at radius 3 is 2.53 bits per heavy atom. The highest BCUT2D eigenvalue weighted by Crippen LogP contribution is 2.34. The zero-order valence-corrected chi connectivity index (χ0v) is 12.2. The Hall–Kier alpha value is -0.750. The van der Waals surface area contributed by atoms with Crippen LogP contribution in [0.5, 0.6) is 0 Å². The van der Waals surface area contributed by atoms with E-state index in [2.05, 4.69) is 21.2 Å². The molecule has 0 fully saturated rings. The van der Waals surface area contributed by atoms with E-state index in [-0.39, 0.29) is 6.61 Å². The molecule has 1 rings (SSSR count). The third kappa shape index (κ3) is 5.03. The van der Waals surface area contributed by atoms with Crippen LogP contribution in [0.4, 0.5) is 18.9 Å². The molecule has 0 aliphatic rings. The second-order valence-corrected chi connectivity index (χ2v) is 5.21. The second kappa shape index (κ2) is 7.14. The maximum atomic E-state index is 12.5. The van der Waals surface area contributed by atoms with Crippen molar-refractivity contribution in [2.45, 2.75) is 25.9 Å². The first-order valence-corrected chi connectivity index (χ1v) is 6.89. The topological polar surface area (TPSA) is 32.3 Å². The Morgan fingerprint density at radius 1 is 1.37 bits per heavy atom. The minimum Gasteiger partial charge on any atom is -0.396 e. The molecule has 0 spiro atoms. The molecule has 1 unspecified atom stereocenters. The summed E-state index contributed by atoms with van der Waals surface area (Å²) in [5, 5.41) is 12.0. The molecule has 0 aliphatic heterocycles. The predicted octanol–water partition coefficient (Wildman–Crippen LogP) is 4.29. The Morgan fingerprint density at radius 2 is 2.05 bits per heavy atom. The molecule has 19 heavy (non-hydrogen) atoms. The van der Waals surface area contributed by atoms with Gasteiger partial charge in [0.2, 0.25) is 0 Å². The standard InChI is InChI=1S/C13H17BrF3NO/c1-2-9(5-6-19)8-18-12-4-3-10(7-11(12)14)13(15,16)17/h3-4,7,9,18-19H,2,5-6,8H2,1H3. The smallest absolute Gasteiger partial charge is 0.396 e. The van der Waals surface area contributed by atoms with Crippen molar-refractivity contribution < 1.29 is 18.3 Å². The fourth-order valence-corrected chi connectivity index (χ4v) is 2.24. The van der Waals surface area contributed by atoms with Crippen LogP contribution in [0.15, 0.2) is 22.7 Å². The third-order valence-electron chi connectivity index (χ3n) is 2.99. The van der Waals surface area contributed by atoms with Crippen LogP contribution >= 0.6 is 15.9 Å². The highest BCUT2D eigenvalue weighted by Gasteiger charge is 2.30. The molecule has 1 aromatic rings. The average molecular weight is 340 g/mol. The molecule has 2 N–H and O–H groups in total. The maximum Gasteiger partial charge on any atom is 0.416 e. The molecule has 0 aliphatic carbocycles. The predicted molar refractivity (Wildman–Crippen MR) is 73.1 cm³/mol. The van der Waals surface area contributed by atoms with Crippen LogP contribution in [-0.2, 0) is 6.18 Å². The van der Waals surface area contributed by atoms with Gasteiger partial charge in [-0.3, -0.25) is 0 Å².